The van der Waals surface area contributed by atoms with Crippen LogP contribution in [-0.2, 0) is 13.2 Å². The van der Waals surface area contributed by atoms with Crippen LogP contribution in [0.4, 0.5) is 0 Å². The van der Waals surface area contributed by atoms with E-state index in [9.17, 15) is 4.79 Å². The van der Waals surface area contributed by atoms with Gasteiger partial charge in [-0.15, -0.1) is 22.7 Å². The Morgan fingerprint density at radius 1 is 1.38 bits per heavy atom. The Bertz CT molecular complexity index is 913. The van der Waals surface area contributed by atoms with Gasteiger partial charge in [0.05, 0.1) is 22.1 Å². The molecule has 0 fully saturated rings. The molecule has 24 heavy (non-hydrogen) atoms. The number of aryl methyl sites for hydroxylation is 1. The molecule has 122 valence electrons. The fourth-order valence-electron chi connectivity index (χ4n) is 2.79. The molecule has 0 saturated heterocycles. The van der Waals surface area contributed by atoms with Crippen molar-refractivity contribution in [1.29, 1.82) is 0 Å². The second-order valence-electron chi connectivity index (χ2n) is 5.77. The first-order valence-corrected chi connectivity index (χ1v) is 9.33. The molecule has 0 saturated carbocycles. The van der Waals surface area contributed by atoms with Gasteiger partial charge in [0.25, 0.3) is 5.91 Å². The van der Waals surface area contributed by atoms with E-state index in [1.54, 1.807) is 27.6 Å². The van der Waals surface area contributed by atoms with E-state index in [1.165, 1.54) is 0 Å². The SMILES string of the molecule is Cc1nc(CN(C)C(=O)c2cc3c(s2)-c2ccccc2OC3)cs1. The normalized spacial score (nSPS) is 12.2. The van der Waals surface area contributed by atoms with Gasteiger partial charge < -0.3 is 9.64 Å². The first-order valence-electron chi connectivity index (χ1n) is 7.63. The number of thiazole rings is 1. The van der Waals surface area contributed by atoms with Gasteiger partial charge in [-0.1, -0.05) is 12.1 Å². The number of hydrogen-bond acceptors (Lipinski definition) is 5. The fraction of sp³-hybridized carbons (Fsp3) is 0.222. The van der Waals surface area contributed by atoms with Crippen LogP contribution in [0.3, 0.4) is 0 Å². The lowest BCUT2D eigenvalue weighted by Crippen LogP contribution is -2.25. The van der Waals surface area contributed by atoms with E-state index in [2.05, 4.69) is 4.98 Å². The smallest absolute Gasteiger partial charge is 0.264 e. The number of carbonyl (C=O) groups excluding carboxylic acids is 1. The lowest BCUT2D eigenvalue weighted by Gasteiger charge is -2.16. The van der Waals surface area contributed by atoms with Crippen molar-refractivity contribution in [1.82, 2.24) is 9.88 Å². The minimum atomic E-state index is 0.0255. The van der Waals surface area contributed by atoms with Gasteiger partial charge in [-0.05, 0) is 25.1 Å². The quantitative estimate of drug-likeness (QED) is 0.701. The highest BCUT2D eigenvalue weighted by atomic mass is 32.1. The summed E-state index contributed by atoms with van der Waals surface area (Å²) in [7, 11) is 1.82. The highest BCUT2D eigenvalue weighted by Crippen LogP contribution is 2.42. The second-order valence-corrected chi connectivity index (χ2v) is 7.88. The predicted molar refractivity (Wildman–Crippen MR) is 96.7 cm³/mol. The summed E-state index contributed by atoms with van der Waals surface area (Å²) in [6.07, 6.45) is 0. The maximum atomic E-state index is 12.8. The largest absolute Gasteiger partial charge is 0.488 e. The Morgan fingerprint density at radius 2 is 2.21 bits per heavy atom. The van der Waals surface area contributed by atoms with Crippen LogP contribution in [0.25, 0.3) is 10.4 Å². The summed E-state index contributed by atoms with van der Waals surface area (Å²) in [5, 5.41) is 3.02. The van der Waals surface area contributed by atoms with Gasteiger partial charge in [-0.3, -0.25) is 4.79 Å². The molecule has 4 nitrogen and oxygen atoms in total. The van der Waals surface area contributed by atoms with E-state index in [4.69, 9.17) is 4.74 Å². The van der Waals surface area contributed by atoms with Crippen LogP contribution in [0.2, 0.25) is 0 Å². The Labute approximate surface area is 148 Å². The number of nitrogens with zero attached hydrogens (tertiary/aromatic N) is 2. The number of hydrogen-bond donors (Lipinski definition) is 0. The summed E-state index contributed by atoms with van der Waals surface area (Å²) in [4.78, 5) is 20.8. The number of thiophene rings is 1. The summed E-state index contributed by atoms with van der Waals surface area (Å²) in [5.74, 6) is 0.912. The molecule has 3 heterocycles. The molecular formula is C18H16N2O2S2. The topological polar surface area (TPSA) is 42.4 Å². The third kappa shape index (κ3) is 2.72. The molecule has 1 aromatic carbocycles. The van der Waals surface area contributed by atoms with Gasteiger partial charge in [-0.25, -0.2) is 4.98 Å². The highest BCUT2D eigenvalue weighted by Gasteiger charge is 2.24. The predicted octanol–water partition coefficient (Wildman–Crippen LogP) is 4.34. The molecule has 1 aliphatic heterocycles. The van der Waals surface area contributed by atoms with E-state index >= 15 is 0 Å². The van der Waals surface area contributed by atoms with Crippen molar-refractivity contribution < 1.29 is 9.53 Å². The minimum absolute atomic E-state index is 0.0255. The maximum Gasteiger partial charge on any atom is 0.264 e. The number of amides is 1. The average Bonchev–Trinajstić information content (AvgIpc) is 3.20. The zero-order chi connectivity index (χ0) is 16.7. The lowest BCUT2D eigenvalue weighted by molar-refractivity contribution is 0.0788. The van der Waals surface area contributed by atoms with Crippen LogP contribution < -0.4 is 4.74 Å². The lowest BCUT2D eigenvalue weighted by atomic mass is 10.1. The van der Waals surface area contributed by atoms with Gasteiger partial charge in [-0.2, -0.15) is 0 Å². The number of rotatable bonds is 3. The van der Waals surface area contributed by atoms with Crippen molar-refractivity contribution in [3.8, 4) is 16.2 Å². The van der Waals surface area contributed by atoms with Crippen molar-refractivity contribution in [2.24, 2.45) is 0 Å². The Morgan fingerprint density at radius 3 is 3.00 bits per heavy atom. The van der Waals surface area contributed by atoms with E-state index in [0.717, 1.165) is 37.3 Å². The molecule has 1 amide bonds. The molecule has 2 aromatic heterocycles. The maximum absolute atomic E-state index is 12.8. The number of aromatic nitrogens is 1. The van der Waals surface area contributed by atoms with E-state index in [0.29, 0.717) is 13.2 Å². The summed E-state index contributed by atoms with van der Waals surface area (Å²) in [6, 6.07) is 9.93. The van der Waals surface area contributed by atoms with Crippen molar-refractivity contribution in [2.45, 2.75) is 20.1 Å². The summed E-state index contributed by atoms with van der Waals surface area (Å²) >= 11 is 3.15. The molecular weight excluding hydrogens is 340 g/mol. The van der Waals surface area contributed by atoms with Crippen LogP contribution in [0.5, 0.6) is 5.75 Å². The van der Waals surface area contributed by atoms with Crippen molar-refractivity contribution in [3.63, 3.8) is 0 Å². The van der Waals surface area contributed by atoms with Crippen molar-refractivity contribution >= 4 is 28.6 Å². The molecule has 0 radical (unpaired) electrons. The highest BCUT2D eigenvalue weighted by molar-refractivity contribution is 7.17. The van der Waals surface area contributed by atoms with Crippen LogP contribution in [0.1, 0.15) is 25.9 Å². The summed E-state index contributed by atoms with van der Waals surface area (Å²) < 4.78 is 5.78. The van der Waals surface area contributed by atoms with E-state index in [-0.39, 0.29) is 5.91 Å². The number of carbonyl (C=O) groups is 1. The molecule has 0 unspecified atom stereocenters. The van der Waals surface area contributed by atoms with Gasteiger partial charge >= 0.3 is 0 Å². The summed E-state index contributed by atoms with van der Waals surface area (Å²) in [5.41, 5.74) is 3.09. The van der Waals surface area contributed by atoms with Crippen molar-refractivity contribution in [3.05, 3.63) is 56.9 Å². The molecule has 0 N–H and O–H groups in total. The monoisotopic (exact) mass is 356 g/mol. The molecule has 0 aliphatic carbocycles. The van der Waals surface area contributed by atoms with Gasteiger partial charge in [0.1, 0.15) is 12.4 Å². The van der Waals surface area contributed by atoms with Crippen LogP contribution in [0.15, 0.2) is 35.7 Å². The van der Waals surface area contributed by atoms with E-state index < -0.39 is 0 Å². The van der Waals surface area contributed by atoms with Crippen LogP contribution >= 0.6 is 22.7 Å². The average molecular weight is 356 g/mol. The number of para-hydroxylation sites is 1. The summed E-state index contributed by atoms with van der Waals surface area (Å²) in [6.45, 7) is 3.02. The second kappa shape index (κ2) is 6.03. The molecule has 1 aliphatic rings. The number of fused-ring (bicyclic) bond motifs is 3. The third-order valence-corrected chi connectivity index (χ3v) is 5.97. The van der Waals surface area contributed by atoms with Gasteiger partial charge in [0.15, 0.2) is 0 Å². The van der Waals surface area contributed by atoms with Crippen molar-refractivity contribution in [2.75, 3.05) is 7.05 Å². The molecule has 4 rings (SSSR count). The number of ether oxygens (including phenoxy) is 1. The van der Waals surface area contributed by atoms with Crippen LogP contribution in [0, 0.1) is 6.92 Å². The molecule has 0 bridgehead atoms. The minimum Gasteiger partial charge on any atom is -0.488 e. The Kier molecular flexibility index (Phi) is 3.86. The standard InChI is InChI=1S/C18H16N2O2S2/c1-11-19-13(10-23-11)8-20(2)18(21)16-7-12-9-22-15-6-4-3-5-14(15)17(12)24-16/h3-7,10H,8-9H2,1-2H3. The molecule has 3 aromatic rings. The van der Waals surface area contributed by atoms with Crippen LogP contribution in [-0.4, -0.2) is 22.8 Å². The third-order valence-electron chi connectivity index (χ3n) is 3.95. The number of benzene rings is 1. The molecule has 0 spiro atoms. The Hall–Kier alpha value is -2.18. The molecule has 0 atom stereocenters. The van der Waals surface area contributed by atoms with Gasteiger partial charge in [0, 0.05) is 28.4 Å². The zero-order valence-corrected chi connectivity index (χ0v) is 15.0. The first kappa shape index (κ1) is 15.4. The fourth-order valence-corrected chi connectivity index (χ4v) is 4.58. The molecule has 6 heteroatoms. The van der Waals surface area contributed by atoms with Gasteiger partial charge in [0.2, 0.25) is 0 Å². The van der Waals surface area contributed by atoms with E-state index in [1.807, 2.05) is 49.7 Å². The first-order chi connectivity index (χ1) is 11.6. The Balaban J connectivity index is 1.59. The zero-order valence-electron chi connectivity index (χ0n) is 13.4.